The second-order valence-corrected chi connectivity index (χ2v) is 10.5. The Balaban J connectivity index is 1.51. The molecule has 2 aliphatic heterocycles. The van der Waals surface area contributed by atoms with Gasteiger partial charge in [0.1, 0.15) is 18.2 Å². The number of ether oxygens (including phenoxy) is 2. The smallest absolute Gasteiger partial charge is 0.338 e. The number of Topliss-reactive ketones (excluding diaryl/α,β-unsaturated/α-hetero) is 1. The summed E-state index contributed by atoms with van der Waals surface area (Å²) in [6.07, 6.45) is 0.723. The Bertz CT molecular complexity index is 1410. The Morgan fingerprint density at radius 1 is 1.20 bits per heavy atom. The van der Waals surface area contributed by atoms with Crippen LogP contribution in [0.1, 0.15) is 47.7 Å². The maximum atomic E-state index is 13.8. The molecule has 0 bridgehead atoms. The van der Waals surface area contributed by atoms with Crippen molar-refractivity contribution in [2.45, 2.75) is 62.7 Å². The SMILES string of the molecule is C=CCCC(=O)[C@@H]1[C@@H]2[C@H](OC(=O)c3ccccc3)[C@H]3O[C@H]3C[C@]2(C(N)=O)ON1Cc1cccc(C#CC(=C)C)c1. The Kier molecular flexibility index (Phi) is 7.72. The molecule has 206 valence electrons. The van der Waals surface area contributed by atoms with Crippen molar-refractivity contribution in [1.82, 2.24) is 5.06 Å². The molecule has 2 saturated heterocycles. The van der Waals surface area contributed by atoms with E-state index >= 15 is 0 Å². The monoisotopic (exact) mass is 540 g/mol. The van der Waals surface area contributed by atoms with Crippen molar-refractivity contribution in [2.75, 3.05) is 0 Å². The maximum Gasteiger partial charge on any atom is 0.338 e. The number of hydrogen-bond donors (Lipinski definition) is 1. The molecule has 0 radical (unpaired) electrons. The lowest BCUT2D eigenvalue weighted by molar-refractivity contribution is -0.217. The number of hydrogen-bond acceptors (Lipinski definition) is 7. The number of amides is 1. The van der Waals surface area contributed by atoms with Crippen molar-refractivity contribution >= 4 is 17.7 Å². The first-order valence-corrected chi connectivity index (χ1v) is 13.3. The zero-order valence-corrected chi connectivity index (χ0v) is 22.4. The second-order valence-electron chi connectivity index (χ2n) is 10.5. The molecule has 2 heterocycles. The van der Waals surface area contributed by atoms with Crippen molar-refractivity contribution in [3.63, 3.8) is 0 Å². The topological polar surface area (TPSA) is 111 Å². The van der Waals surface area contributed by atoms with Crippen molar-refractivity contribution in [1.29, 1.82) is 0 Å². The number of primary amides is 1. The molecule has 8 nitrogen and oxygen atoms in total. The molecule has 2 aromatic rings. The normalized spacial score (nSPS) is 28.3. The summed E-state index contributed by atoms with van der Waals surface area (Å²) in [5.74, 6) is 3.72. The van der Waals surface area contributed by atoms with E-state index in [0.717, 1.165) is 16.7 Å². The summed E-state index contributed by atoms with van der Waals surface area (Å²) >= 11 is 0. The largest absolute Gasteiger partial charge is 0.455 e. The molecular formula is C32H32N2O6. The zero-order valence-electron chi connectivity index (χ0n) is 22.4. The molecule has 40 heavy (non-hydrogen) atoms. The van der Waals surface area contributed by atoms with Crippen LogP contribution in [-0.2, 0) is 30.4 Å². The highest BCUT2D eigenvalue weighted by Crippen LogP contribution is 2.54. The van der Waals surface area contributed by atoms with Crippen LogP contribution in [0.2, 0.25) is 0 Å². The third-order valence-corrected chi connectivity index (χ3v) is 7.55. The minimum atomic E-state index is -1.58. The Morgan fingerprint density at radius 2 is 1.98 bits per heavy atom. The number of carbonyl (C=O) groups excluding carboxylic acids is 3. The lowest BCUT2D eigenvalue weighted by Gasteiger charge is -2.37. The first-order chi connectivity index (χ1) is 19.2. The minimum Gasteiger partial charge on any atom is -0.455 e. The van der Waals surface area contributed by atoms with Crippen LogP contribution in [0.5, 0.6) is 0 Å². The first-order valence-electron chi connectivity index (χ1n) is 13.3. The number of benzene rings is 2. The van der Waals surface area contributed by atoms with Gasteiger partial charge < -0.3 is 15.2 Å². The summed E-state index contributed by atoms with van der Waals surface area (Å²) in [7, 11) is 0. The molecule has 0 unspecified atom stereocenters. The number of ketones is 1. The molecule has 8 heteroatoms. The van der Waals surface area contributed by atoms with E-state index in [0.29, 0.717) is 12.0 Å². The van der Waals surface area contributed by atoms with Crippen LogP contribution in [0, 0.1) is 17.8 Å². The average molecular weight is 541 g/mol. The molecule has 0 aromatic heterocycles. The van der Waals surface area contributed by atoms with Crippen molar-refractivity contribution in [3.05, 3.63) is 96.1 Å². The summed E-state index contributed by atoms with van der Waals surface area (Å²) in [6, 6.07) is 15.2. The molecule has 1 saturated carbocycles. The van der Waals surface area contributed by atoms with E-state index in [1.54, 1.807) is 36.4 Å². The van der Waals surface area contributed by atoms with Crippen LogP contribution in [-0.4, -0.2) is 52.7 Å². The van der Waals surface area contributed by atoms with Gasteiger partial charge in [-0.1, -0.05) is 54.8 Å². The van der Waals surface area contributed by atoms with Gasteiger partial charge in [-0.3, -0.25) is 14.4 Å². The van der Waals surface area contributed by atoms with E-state index < -0.39 is 41.6 Å². The van der Waals surface area contributed by atoms with Crippen LogP contribution in [0.3, 0.4) is 0 Å². The molecular weight excluding hydrogens is 508 g/mol. The number of rotatable bonds is 9. The molecule has 0 spiro atoms. The van der Waals surface area contributed by atoms with E-state index in [1.807, 2.05) is 31.2 Å². The third kappa shape index (κ3) is 5.36. The van der Waals surface area contributed by atoms with E-state index in [2.05, 4.69) is 25.0 Å². The predicted octanol–water partition coefficient (Wildman–Crippen LogP) is 3.50. The van der Waals surface area contributed by atoms with E-state index in [1.165, 1.54) is 5.06 Å². The van der Waals surface area contributed by atoms with Gasteiger partial charge in [0.05, 0.1) is 24.1 Å². The molecule has 6 atom stereocenters. The van der Waals surface area contributed by atoms with E-state index in [-0.39, 0.29) is 31.3 Å². The van der Waals surface area contributed by atoms with Gasteiger partial charge in [-0.2, -0.15) is 5.06 Å². The van der Waals surface area contributed by atoms with Gasteiger partial charge in [-0.15, -0.1) is 6.58 Å². The Morgan fingerprint density at radius 3 is 2.67 bits per heavy atom. The third-order valence-electron chi connectivity index (χ3n) is 7.55. The second kappa shape index (κ2) is 11.2. The summed E-state index contributed by atoms with van der Waals surface area (Å²) in [6.45, 7) is 9.57. The van der Waals surface area contributed by atoms with Crippen molar-refractivity contribution < 1.29 is 28.7 Å². The van der Waals surface area contributed by atoms with E-state index in [4.69, 9.17) is 20.0 Å². The number of esters is 1. The highest BCUT2D eigenvalue weighted by atomic mass is 16.7. The molecule has 2 N–H and O–H groups in total. The van der Waals surface area contributed by atoms with Gasteiger partial charge in [0, 0.05) is 18.4 Å². The van der Waals surface area contributed by atoms with Crippen LogP contribution in [0.4, 0.5) is 0 Å². The summed E-state index contributed by atoms with van der Waals surface area (Å²) < 4.78 is 11.8. The number of allylic oxidation sites excluding steroid dienone is 2. The molecule has 5 rings (SSSR count). The maximum absolute atomic E-state index is 13.8. The lowest BCUT2D eigenvalue weighted by atomic mass is 9.69. The fourth-order valence-electron chi connectivity index (χ4n) is 5.70. The lowest BCUT2D eigenvalue weighted by Crippen LogP contribution is -2.60. The summed E-state index contributed by atoms with van der Waals surface area (Å²) in [4.78, 5) is 46.4. The summed E-state index contributed by atoms with van der Waals surface area (Å²) in [5, 5.41) is 1.53. The van der Waals surface area contributed by atoms with E-state index in [9.17, 15) is 14.4 Å². The number of fused-ring (bicyclic) bond motifs is 2. The average Bonchev–Trinajstić information content (AvgIpc) is 3.63. The van der Waals surface area contributed by atoms with Gasteiger partial charge in [-0.25, -0.2) is 4.79 Å². The highest BCUT2D eigenvalue weighted by Gasteiger charge is 2.73. The zero-order chi connectivity index (χ0) is 28.4. The molecule has 3 fully saturated rings. The fraction of sp³-hybridized carbons (Fsp3) is 0.344. The van der Waals surface area contributed by atoms with Crippen LogP contribution in [0.15, 0.2) is 79.4 Å². The number of nitrogens with zero attached hydrogens (tertiary/aromatic N) is 1. The molecule has 1 amide bonds. The van der Waals surface area contributed by atoms with Crippen molar-refractivity contribution in [2.24, 2.45) is 11.7 Å². The van der Waals surface area contributed by atoms with Gasteiger partial charge in [0.2, 0.25) is 0 Å². The molecule has 1 aliphatic carbocycles. The fourth-order valence-corrected chi connectivity index (χ4v) is 5.70. The van der Waals surface area contributed by atoms with Gasteiger partial charge in [-0.05, 0) is 48.7 Å². The number of carbonyl (C=O) groups is 3. The van der Waals surface area contributed by atoms with Crippen LogP contribution >= 0.6 is 0 Å². The molecule has 3 aliphatic rings. The van der Waals surface area contributed by atoms with Crippen LogP contribution < -0.4 is 5.73 Å². The van der Waals surface area contributed by atoms with Gasteiger partial charge in [0.25, 0.3) is 5.91 Å². The van der Waals surface area contributed by atoms with Crippen LogP contribution in [0.25, 0.3) is 0 Å². The number of hydroxylamine groups is 2. The van der Waals surface area contributed by atoms with Gasteiger partial charge in [0.15, 0.2) is 11.4 Å². The molecule has 2 aromatic carbocycles. The highest BCUT2D eigenvalue weighted by molar-refractivity contribution is 5.92. The first kappa shape index (κ1) is 27.5. The van der Waals surface area contributed by atoms with Crippen molar-refractivity contribution in [3.8, 4) is 11.8 Å². The quantitative estimate of drug-likeness (QED) is 0.224. The Hall–Kier alpha value is -4.03. The van der Waals surface area contributed by atoms with Gasteiger partial charge >= 0.3 is 5.97 Å². The minimum absolute atomic E-state index is 0.161. The summed E-state index contributed by atoms with van der Waals surface area (Å²) in [5.41, 5.74) is 7.12. The number of nitrogens with two attached hydrogens (primary N) is 1. The Labute approximate surface area is 233 Å². The standard InChI is InChI=1S/C32H32N2O6/c1-4-5-14-24(35)27-26-29(39-30(36)23-12-7-6-8-13-23)28-25(38-28)18-32(26,31(33)37)40-34(27)19-22-11-9-10-21(17-22)16-15-20(2)3/h4,6-13,17,25-29H,1-2,5,14,18-19H2,3H3,(H2,33,37)/t25-,26+,27+,28-,29-,32-/m0/s1. The number of epoxide rings is 1. The predicted molar refractivity (Wildman–Crippen MR) is 147 cm³/mol.